The van der Waals surface area contributed by atoms with Gasteiger partial charge in [-0.25, -0.2) is 9.78 Å². The Morgan fingerprint density at radius 3 is 2.48 bits per heavy atom. The molecule has 0 radical (unpaired) electrons. The summed E-state index contributed by atoms with van der Waals surface area (Å²) in [5.41, 5.74) is 5.93. The van der Waals surface area contributed by atoms with Gasteiger partial charge in [0.05, 0.1) is 12.8 Å². The molecule has 21 heavy (non-hydrogen) atoms. The molecular weight excluding hydrogens is 272 g/mol. The van der Waals surface area contributed by atoms with Crippen molar-refractivity contribution >= 4 is 23.4 Å². The van der Waals surface area contributed by atoms with Gasteiger partial charge in [-0.05, 0) is 39.8 Å². The van der Waals surface area contributed by atoms with Gasteiger partial charge >= 0.3 is 5.97 Å². The molecule has 0 saturated heterocycles. The zero-order valence-corrected chi connectivity index (χ0v) is 13.0. The lowest BCUT2D eigenvalue weighted by atomic mass is 10.1. The van der Waals surface area contributed by atoms with Crippen molar-refractivity contribution in [2.24, 2.45) is 0 Å². The first-order valence-corrected chi connectivity index (χ1v) is 6.57. The van der Waals surface area contributed by atoms with Gasteiger partial charge in [-0.15, -0.1) is 0 Å². The number of carbonyl (C=O) groups excluding carboxylic acids is 2. The number of anilines is 2. The normalized spacial score (nSPS) is 12.4. The predicted molar refractivity (Wildman–Crippen MR) is 81.0 cm³/mol. The van der Waals surface area contributed by atoms with E-state index < -0.39 is 12.0 Å². The average molecular weight is 294 g/mol. The number of hydrogen-bond donors (Lipinski definition) is 3. The molecule has 0 fully saturated rings. The maximum atomic E-state index is 12.0. The molecule has 7 nitrogen and oxygen atoms in total. The first-order chi connectivity index (χ1) is 9.64. The number of nitrogens with one attached hydrogen (secondary N) is 2. The van der Waals surface area contributed by atoms with Gasteiger partial charge < -0.3 is 21.1 Å². The standard InChI is InChI=1S/C14H22N4O3/c1-8(12(19)18-14(2,3)4)16-11-9(15)6-7-10(17-11)13(20)21-5/h6-8H,15H2,1-5H3,(H,16,17)(H,18,19). The highest BCUT2D eigenvalue weighted by Crippen LogP contribution is 2.17. The molecule has 1 rings (SSSR count). The SMILES string of the molecule is COC(=O)c1ccc(N)c(NC(C)C(=O)NC(C)(C)C)n1. The summed E-state index contributed by atoms with van der Waals surface area (Å²) in [5.74, 6) is -0.480. The van der Waals surface area contributed by atoms with E-state index in [0.29, 0.717) is 5.69 Å². The highest BCUT2D eigenvalue weighted by molar-refractivity contribution is 5.89. The van der Waals surface area contributed by atoms with Gasteiger partial charge in [0.15, 0.2) is 11.5 Å². The molecule has 1 unspecified atom stereocenters. The zero-order valence-electron chi connectivity index (χ0n) is 13.0. The summed E-state index contributed by atoms with van der Waals surface area (Å²) in [7, 11) is 1.27. The summed E-state index contributed by atoms with van der Waals surface area (Å²) in [6.07, 6.45) is 0. The fraction of sp³-hybridized carbons (Fsp3) is 0.500. The number of nitrogens with zero attached hydrogens (tertiary/aromatic N) is 1. The maximum Gasteiger partial charge on any atom is 0.356 e. The molecule has 4 N–H and O–H groups in total. The number of methoxy groups -OCH3 is 1. The number of amides is 1. The average Bonchev–Trinajstić information content (AvgIpc) is 2.38. The number of esters is 1. The molecule has 0 aliphatic carbocycles. The van der Waals surface area contributed by atoms with E-state index in [1.807, 2.05) is 20.8 Å². The Labute approximate surface area is 124 Å². The number of hydrogen-bond acceptors (Lipinski definition) is 6. The molecule has 0 spiro atoms. The number of aromatic nitrogens is 1. The van der Waals surface area contributed by atoms with Crippen LogP contribution >= 0.6 is 0 Å². The molecule has 7 heteroatoms. The fourth-order valence-corrected chi connectivity index (χ4v) is 1.55. The van der Waals surface area contributed by atoms with E-state index in [1.165, 1.54) is 19.2 Å². The fourth-order valence-electron chi connectivity index (χ4n) is 1.55. The topological polar surface area (TPSA) is 106 Å². The maximum absolute atomic E-state index is 12.0. The van der Waals surface area contributed by atoms with Gasteiger partial charge in [-0.2, -0.15) is 0 Å². The molecule has 1 aromatic rings. The van der Waals surface area contributed by atoms with Gasteiger partial charge in [0.25, 0.3) is 0 Å². The largest absolute Gasteiger partial charge is 0.464 e. The summed E-state index contributed by atoms with van der Waals surface area (Å²) < 4.78 is 4.60. The van der Waals surface area contributed by atoms with Crippen LogP contribution in [-0.2, 0) is 9.53 Å². The molecule has 0 aliphatic rings. The Morgan fingerprint density at radius 2 is 1.95 bits per heavy atom. The van der Waals surface area contributed by atoms with Gasteiger partial charge in [0.1, 0.15) is 6.04 Å². The minimum Gasteiger partial charge on any atom is -0.464 e. The monoisotopic (exact) mass is 294 g/mol. The van der Waals surface area contributed by atoms with E-state index in [0.717, 1.165) is 0 Å². The molecule has 1 heterocycles. The third-order valence-corrected chi connectivity index (χ3v) is 2.57. The lowest BCUT2D eigenvalue weighted by Gasteiger charge is -2.24. The minimum absolute atomic E-state index is 0.123. The summed E-state index contributed by atoms with van der Waals surface area (Å²) in [5, 5.41) is 5.74. The molecule has 116 valence electrons. The first kappa shape index (κ1) is 16.7. The van der Waals surface area contributed by atoms with E-state index >= 15 is 0 Å². The van der Waals surface area contributed by atoms with Crippen LogP contribution in [-0.4, -0.2) is 35.6 Å². The van der Waals surface area contributed by atoms with E-state index in [2.05, 4.69) is 20.4 Å². The number of nitrogens with two attached hydrogens (primary N) is 1. The molecular formula is C14H22N4O3. The zero-order chi connectivity index (χ0) is 16.2. The van der Waals surface area contributed by atoms with Crippen molar-refractivity contribution in [1.82, 2.24) is 10.3 Å². The number of carbonyl (C=O) groups is 2. The van der Waals surface area contributed by atoms with Crippen molar-refractivity contribution < 1.29 is 14.3 Å². The highest BCUT2D eigenvalue weighted by Gasteiger charge is 2.20. The third kappa shape index (κ3) is 4.94. The van der Waals surface area contributed by atoms with E-state index in [9.17, 15) is 9.59 Å². The van der Waals surface area contributed by atoms with Crippen molar-refractivity contribution in [2.45, 2.75) is 39.3 Å². The molecule has 1 amide bonds. The summed E-state index contributed by atoms with van der Waals surface area (Å²) in [6, 6.07) is 2.45. The van der Waals surface area contributed by atoms with Crippen molar-refractivity contribution in [3.63, 3.8) is 0 Å². The van der Waals surface area contributed by atoms with Crippen molar-refractivity contribution in [1.29, 1.82) is 0 Å². The van der Waals surface area contributed by atoms with Gasteiger partial charge in [-0.1, -0.05) is 0 Å². The highest BCUT2D eigenvalue weighted by atomic mass is 16.5. The number of ether oxygens (including phenoxy) is 1. The number of nitrogen functional groups attached to an aromatic ring is 1. The van der Waals surface area contributed by atoms with Crippen LogP contribution in [0.25, 0.3) is 0 Å². The Balaban J connectivity index is 2.87. The third-order valence-electron chi connectivity index (χ3n) is 2.57. The Hall–Kier alpha value is -2.31. The van der Waals surface area contributed by atoms with Crippen LogP contribution in [0.1, 0.15) is 38.2 Å². The molecule has 0 saturated carbocycles. The molecule has 0 bridgehead atoms. The van der Waals surface area contributed by atoms with Crippen LogP contribution in [0.5, 0.6) is 0 Å². The Bertz CT molecular complexity index is 538. The van der Waals surface area contributed by atoms with Gasteiger partial charge in [-0.3, -0.25) is 4.79 Å². The molecule has 1 aromatic heterocycles. The summed E-state index contributed by atoms with van der Waals surface area (Å²) in [6.45, 7) is 7.36. The summed E-state index contributed by atoms with van der Waals surface area (Å²) in [4.78, 5) is 27.5. The summed E-state index contributed by atoms with van der Waals surface area (Å²) >= 11 is 0. The van der Waals surface area contributed by atoms with E-state index in [-0.39, 0.29) is 23.0 Å². The number of rotatable bonds is 4. The second-order valence-electron chi connectivity index (χ2n) is 5.73. The van der Waals surface area contributed by atoms with Crippen LogP contribution in [0, 0.1) is 0 Å². The Kier molecular flexibility index (Phi) is 5.12. The molecule has 0 aliphatic heterocycles. The van der Waals surface area contributed by atoms with Crippen molar-refractivity contribution in [3.8, 4) is 0 Å². The van der Waals surface area contributed by atoms with E-state index in [4.69, 9.17) is 5.73 Å². The van der Waals surface area contributed by atoms with Crippen LogP contribution in [0.2, 0.25) is 0 Å². The van der Waals surface area contributed by atoms with Gasteiger partial charge in [0, 0.05) is 5.54 Å². The minimum atomic E-state index is -0.565. The predicted octanol–water partition coefficient (Wildman–Crippen LogP) is 1.17. The van der Waals surface area contributed by atoms with Crippen molar-refractivity contribution in [2.75, 3.05) is 18.2 Å². The quantitative estimate of drug-likeness (QED) is 0.720. The Morgan fingerprint density at radius 1 is 1.33 bits per heavy atom. The smallest absolute Gasteiger partial charge is 0.356 e. The van der Waals surface area contributed by atoms with Crippen LogP contribution < -0.4 is 16.4 Å². The lowest BCUT2D eigenvalue weighted by Crippen LogP contribution is -2.47. The first-order valence-electron chi connectivity index (χ1n) is 6.57. The molecule has 1 atom stereocenters. The second kappa shape index (κ2) is 6.43. The van der Waals surface area contributed by atoms with Gasteiger partial charge in [0.2, 0.25) is 5.91 Å². The second-order valence-corrected chi connectivity index (χ2v) is 5.73. The number of pyridine rings is 1. The van der Waals surface area contributed by atoms with Crippen LogP contribution in [0.4, 0.5) is 11.5 Å². The lowest BCUT2D eigenvalue weighted by molar-refractivity contribution is -0.122. The van der Waals surface area contributed by atoms with Crippen molar-refractivity contribution in [3.05, 3.63) is 17.8 Å². The van der Waals surface area contributed by atoms with Crippen LogP contribution in [0.3, 0.4) is 0 Å². The van der Waals surface area contributed by atoms with E-state index in [1.54, 1.807) is 6.92 Å². The van der Waals surface area contributed by atoms with Crippen LogP contribution in [0.15, 0.2) is 12.1 Å². The molecule has 0 aromatic carbocycles.